The van der Waals surface area contributed by atoms with Crippen molar-refractivity contribution in [2.24, 2.45) is 0 Å². The van der Waals surface area contributed by atoms with Crippen LogP contribution in [-0.4, -0.2) is 58.4 Å². The smallest absolute Gasteiger partial charge is 0.255 e. The molecule has 1 saturated heterocycles. The van der Waals surface area contributed by atoms with E-state index in [1.165, 1.54) is 12.3 Å². The van der Waals surface area contributed by atoms with Crippen molar-refractivity contribution in [3.63, 3.8) is 0 Å². The molecular formula is C19H24N4O2. The van der Waals surface area contributed by atoms with Gasteiger partial charge in [-0.2, -0.15) is 0 Å². The Morgan fingerprint density at radius 2 is 2.24 bits per heavy atom. The van der Waals surface area contributed by atoms with E-state index in [0.29, 0.717) is 11.6 Å². The number of aromatic amines is 1. The third-order valence-electron chi connectivity index (χ3n) is 4.79. The lowest BCUT2D eigenvalue weighted by molar-refractivity contribution is 0.0611. The van der Waals surface area contributed by atoms with Gasteiger partial charge in [-0.05, 0) is 38.1 Å². The molecule has 2 aromatic rings. The summed E-state index contributed by atoms with van der Waals surface area (Å²) in [5.41, 5.74) is 1.44. The Labute approximate surface area is 147 Å². The van der Waals surface area contributed by atoms with Gasteiger partial charge in [-0.15, -0.1) is 0 Å². The molecule has 1 fully saturated rings. The Morgan fingerprint density at radius 3 is 2.96 bits per heavy atom. The number of piperidine rings is 1. The molecule has 1 aliphatic heterocycles. The van der Waals surface area contributed by atoms with E-state index in [2.05, 4.69) is 21.9 Å². The molecule has 1 unspecified atom stereocenters. The van der Waals surface area contributed by atoms with Crippen molar-refractivity contribution < 1.29 is 4.79 Å². The summed E-state index contributed by atoms with van der Waals surface area (Å²) in [5, 5.41) is 0. The average molecular weight is 340 g/mol. The molecule has 25 heavy (non-hydrogen) atoms. The minimum absolute atomic E-state index is 0.0147. The molecule has 3 rings (SSSR count). The lowest BCUT2D eigenvalue weighted by atomic mass is 10.0. The number of carbonyl (C=O) groups is 1. The third-order valence-corrected chi connectivity index (χ3v) is 4.79. The summed E-state index contributed by atoms with van der Waals surface area (Å²) < 4.78 is 0. The molecule has 6 heteroatoms. The third kappa shape index (κ3) is 4.54. The summed E-state index contributed by atoms with van der Waals surface area (Å²) >= 11 is 0. The highest BCUT2D eigenvalue weighted by Gasteiger charge is 2.26. The Hall–Kier alpha value is -2.47. The summed E-state index contributed by atoms with van der Waals surface area (Å²) in [6.07, 6.45) is 6.31. The number of carbonyl (C=O) groups excluding carboxylic acids is 1. The van der Waals surface area contributed by atoms with Gasteiger partial charge in [-0.3, -0.25) is 14.6 Å². The standard InChI is InChI=1S/C19H24N4O2/c1-22(12-9-16-5-2-3-10-20-16)17-6-4-11-23(14-17)19(25)15-7-8-18(24)21-13-15/h2-3,5,7-8,10,13,17H,4,6,9,11-12,14H2,1H3,(H,21,24). The second kappa shape index (κ2) is 8.07. The number of likely N-dealkylation sites (N-methyl/N-ethyl adjacent to an activating group) is 1. The maximum atomic E-state index is 12.6. The number of hydrogen-bond donors (Lipinski definition) is 1. The zero-order valence-electron chi connectivity index (χ0n) is 14.5. The van der Waals surface area contributed by atoms with Crippen molar-refractivity contribution in [1.29, 1.82) is 0 Å². The fourth-order valence-corrected chi connectivity index (χ4v) is 3.24. The van der Waals surface area contributed by atoms with Gasteiger partial charge in [0.15, 0.2) is 0 Å². The zero-order valence-corrected chi connectivity index (χ0v) is 14.5. The number of aromatic nitrogens is 2. The van der Waals surface area contributed by atoms with Gasteiger partial charge in [-0.25, -0.2) is 0 Å². The zero-order chi connectivity index (χ0) is 17.6. The van der Waals surface area contributed by atoms with Gasteiger partial charge < -0.3 is 14.8 Å². The summed E-state index contributed by atoms with van der Waals surface area (Å²) in [5.74, 6) is -0.0147. The molecule has 0 bridgehead atoms. The van der Waals surface area contributed by atoms with Gasteiger partial charge in [0.1, 0.15) is 0 Å². The topological polar surface area (TPSA) is 69.3 Å². The van der Waals surface area contributed by atoms with Gasteiger partial charge in [-0.1, -0.05) is 6.07 Å². The van der Waals surface area contributed by atoms with Crippen molar-refractivity contribution >= 4 is 5.91 Å². The van der Waals surface area contributed by atoms with Gasteiger partial charge >= 0.3 is 0 Å². The number of H-pyrrole nitrogens is 1. The Balaban J connectivity index is 1.57. The van der Waals surface area contributed by atoms with Crippen molar-refractivity contribution in [2.75, 3.05) is 26.7 Å². The van der Waals surface area contributed by atoms with Gasteiger partial charge in [0.2, 0.25) is 5.56 Å². The summed E-state index contributed by atoms with van der Waals surface area (Å²) in [4.78, 5) is 34.9. The van der Waals surface area contributed by atoms with E-state index in [-0.39, 0.29) is 11.5 Å². The summed E-state index contributed by atoms with van der Waals surface area (Å²) in [7, 11) is 2.11. The van der Waals surface area contributed by atoms with Crippen molar-refractivity contribution in [2.45, 2.75) is 25.3 Å². The molecule has 0 aromatic carbocycles. The fraction of sp³-hybridized carbons (Fsp3) is 0.421. The Morgan fingerprint density at radius 1 is 1.36 bits per heavy atom. The van der Waals surface area contributed by atoms with Crippen LogP contribution in [0.15, 0.2) is 47.5 Å². The molecule has 1 N–H and O–H groups in total. The molecule has 6 nitrogen and oxygen atoms in total. The Kier molecular flexibility index (Phi) is 5.60. The summed E-state index contributed by atoms with van der Waals surface area (Å²) in [6, 6.07) is 9.32. The van der Waals surface area contributed by atoms with Crippen molar-refractivity contribution in [1.82, 2.24) is 19.8 Å². The lowest BCUT2D eigenvalue weighted by Gasteiger charge is -2.37. The normalized spacial score (nSPS) is 17.7. The van der Waals surface area contributed by atoms with E-state index >= 15 is 0 Å². The maximum Gasteiger partial charge on any atom is 0.255 e. The molecule has 1 amide bonds. The molecule has 1 aliphatic rings. The molecule has 2 aromatic heterocycles. The van der Waals surface area contributed by atoms with Crippen LogP contribution < -0.4 is 5.56 Å². The number of likely N-dealkylation sites (tertiary alicyclic amines) is 1. The first-order valence-corrected chi connectivity index (χ1v) is 8.71. The number of nitrogens with one attached hydrogen (secondary N) is 1. The van der Waals surface area contributed by atoms with E-state index in [1.54, 1.807) is 6.07 Å². The minimum atomic E-state index is -0.192. The van der Waals surface area contributed by atoms with E-state index in [9.17, 15) is 9.59 Å². The fourth-order valence-electron chi connectivity index (χ4n) is 3.24. The predicted molar refractivity (Wildman–Crippen MR) is 96.6 cm³/mol. The highest BCUT2D eigenvalue weighted by Crippen LogP contribution is 2.17. The molecule has 0 radical (unpaired) electrons. The quantitative estimate of drug-likeness (QED) is 0.897. The van der Waals surface area contributed by atoms with E-state index in [0.717, 1.165) is 44.6 Å². The molecule has 3 heterocycles. The first-order chi connectivity index (χ1) is 12.1. The van der Waals surface area contributed by atoms with Crippen LogP contribution in [0.2, 0.25) is 0 Å². The summed E-state index contributed by atoms with van der Waals surface area (Å²) in [6.45, 7) is 2.40. The van der Waals surface area contributed by atoms with Gasteiger partial charge in [0.25, 0.3) is 5.91 Å². The molecule has 132 valence electrons. The number of pyridine rings is 2. The van der Waals surface area contributed by atoms with Crippen molar-refractivity contribution in [3.05, 3.63) is 64.3 Å². The van der Waals surface area contributed by atoms with Crippen LogP contribution in [0.5, 0.6) is 0 Å². The van der Waals surface area contributed by atoms with Crippen LogP contribution in [0.4, 0.5) is 0 Å². The SMILES string of the molecule is CN(CCc1ccccn1)C1CCCN(C(=O)c2ccc(=O)[nH]c2)C1. The Bertz CT molecular complexity index is 739. The second-order valence-electron chi connectivity index (χ2n) is 6.54. The average Bonchev–Trinajstić information content (AvgIpc) is 2.67. The first-order valence-electron chi connectivity index (χ1n) is 8.71. The van der Waals surface area contributed by atoms with Crippen LogP contribution >= 0.6 is 0 Å². The molecule has 0 aliphatic carbocycles. The monoisotopic (exact) mass is 340 g/mol. The van der Waals surface area contributed by atoms with Crippen LogP contribution in [0.3, 0.4) is 0 Å². The predicted octanol–water partition coefficient (Wildman–Crippen LogP) is 1.55. The maximum absolute atomic E-state index is 12.6. The van der Waals surface area contributed by atoms with Crippen molar-refractivity contribution in [3.8, 4) is 0 Å². The van der Waals surface area contributed by atoms with Crippen LogP contribution in [0.1, 0.15) is 28.9 Å². The van der Waals surface area contributed by atoms with E-state index in [1.807, 2.05) is 29.3 Å². The number of rotatable bonds is 5. The van der Waals surface area contributed by atoms with Gasteiger partial charge in [0.05, 0.1) is 5.56 Å². The second-order valence-corrected chi connectivity index (χ2v) is 6.54. The van der Waals surface area contributed by atoms with Gasteiger partial charge in [0, 0.05) is 56.3 Å². The number of nitrogens with zero attached hydrogens (tertiary/aromatic N) is 3. The first kappa shape index (κ1) is 17.4. The number of amides is 1. The van der Waals surface area contributed by atoms with E-state index in [4.69, 9.17) is 0 Å². The molecular weight excluding hydrogens is 316 g/mol. The minimum Gasteiger partial charge on any atom is -0.337 e. The van der Waals surface area contributed by atoms with Crippen LogP contribution in [0.25, 0.3) is 0 Å². The van der Waals surface area contributed by atoms with E-state index < -0.39 is 0 Å². The highest BCUT2D eigenvalue weighted by molar-refractivity contribution is 5.93. The molecule has 0 spiro atoms. The lowest BCUT2D eigenvalue weighted by Crippen LogP contribution is -2.49. The molecule has 0 saturated carbocycles. The molecule has 1 atom stereocenters. The van der Waals surface area contributed by atoms with Crippen LogP contribution in [-0.2, 0) is 6.42 Å². The highest BCUT2D eigenvalue weighted by atomic mass is 16.2. The van der Waals surface area contributed by atoms with Crippen LogP contribution in [0, 0.1) is 0 Å². The largest absolute Gasteiger partial charge is 0.337 e. The number of hydrogen-bond acceptors (Lipinski definition) is 4.